The number of aromatic nitrogens is 2. The summed E-state index contributed by atoms with van der Waals surface area (Å²) in [5, 5.41) is 29.3. The number of nitrogens with one attached hydrogen (secondary N) is 2. The molecule has 0 saturated heterocycles. The van der Waals surface area contributed by atoms with Crippen LogP contribution in [0.15, 0.2) is 18.3 Å². The third kappa shape index (κ3) is 2.48. The van der Waals surface area contributed by atoms with E-state index >= 15 is 0 Å². The van der Waals surface area contributed by atoms with Crippen LogP contribution >= 0.6 is 0 Å². The Kier molecular flexibility index (Phi) is 2.91. The van der Waals surface area contributed by atoms with Gasteiger partial charge in [0.25, 0.3) is 0 Å². The van der Waals surface area contributed by atoms with Gasteiger partial charge in [-0.1, -0.05) is 0 Å². The topological polar surface area (TPSA) is 107 Å². The highest BCUT2D eigenvalue weighted by molar-refractivity contribution is 5.88. The van der Waals surface area contributed by atoms with E-state index in [0.29, 0.717) is 11.4 Å². The predicted molar refractivity (Wildman–Crippen MR) is 66.7 cm³/mol. The summed E-state index contributed by atoms with van der Waals surface area (Å²) in [5.41, 5.74) is 6.84. The number of hydrogen-bond acceptors (Lipinski definition) is 5. The van der Waals surface area contributed by atoms with Crippen molar-refractivity contribution in [2.75, 3.05) is 24.2 Å². The Morgan fingerprint density at radius 2 is 2.29 bits per heavy atom. The lowest BCUT2D eigenvalue weighted by Gasteiger charge is -2.22. The van der Waals surface area contributed by atoms with Crippen molar-refractivity contribution in [2.24, 2.45) is 0 Å². The van der Waals surface area contributed by atoms with Crippen molar-refractivity contribution in [1.29, 1.82) is 0 Å². The highest BCUT2D eigenvalue weighted by Gasteiger charge is 2.18. The molecular weight excluding hydrogens is 220 g/mol. The van der Waals surface area contributed by atoms with Crippen LogP contribution in [0, 0.1) is 0 Å². The normalized spacial score (nSPS) is 14.8. The molecule has 6 N–H and O–H groups in total. The summed E-state index contributed by atoms with van der Waals surface area (Å²) in [5.74, 6) is 0. The maximum Gasteiger partial charge on any atom is 0.102 e. The molecule has 1 unspecified atom stereocenters. The summed E-state index contributed by atoms with van der Waals surface area (Å²) in [6.07, 6.45) is 1.69. The Morgan fingerprint density at radius 1 is 1.53 bits per heavy atom. The van der Waals surface area contributed by atoms with Crippen molar-refractivity contribution in [1.82, 2.24) is 10.2 Å². The van der Waals surface area contributed by atoms with Crippen LogP contribution in [0.25, 0.3) is 10.9 Å². The molecule has 0 aliphatic carbocycles. The molecule has 0 fully saturated rings. The predicted octanol–water partition coefficient (Wildman–Crippen LogP) is 0.300. The van der Waals surface area contributed by atoms with Gasteiger partial charge in [-0.25, -0.2) is 0 Å². The van der Waals surface area contributed by atoms with E-state index < -0.39 is 5.60 Å². The van der Waals surface area contributed by atoms with Gasteiger partial charge in [0.2, 0.25) is 0 Å². The summed E-state index contributed by atoms with van der Waals surface area (Å²) in [6.45, 7) is 1.45. The van der Waals surface area contributed by atoms with E-state index in [0.717, 1.165) is 10.9 Å². The molecule has 92 valence electrons. The zero-order chi connectivity index (χ0) is 12.5. The zero-order valence-electron chi connectivity index (χ0n) is 9.57. The van der Waals surface area contributed by atoms with Gasteiger partial charge in [-0.3, -0.25) is 5.10 Å². The molecule has 2 rings (SSSR count). The molecule has 0 bridgehead atoms. The van der Waals surface area contributed by atoms with Crippen LogP contribution in [0.4, 0.5) is 11.4 Å². The number of anilines is 2. The van der Waals surface area contributed by atoms with Gasteiger partial charge in [0.05, 0.1) is 29.7 Å². The number of aromatic amines is 1. The number of nitrogens with two attached hydrogens (primary N) is 1. The van der Waals surface area contributed by atoms with Crippen molar-refractivity contribution < 1.29 is 10.2 Å². The number of nitrogen functional groups attached to an aromatic ring is 1. The average Bonchev–Trinajstić information content (AvgIpc) is 2.73. The molecule has 6 nitrogen and oxygen atoms in total. The van der Waals surface area contributed by atoms with Crippen molar-refractivity contribution in [2.45, 2.75) is 12.5 Å². The maximum absolute atomic E-state index is 9.68. The first-order valence-corrected chi connectivity index (χ1v) is 5.31. The van der Waals surface area contributed by atoms with Gasteiger partial charge in [0.1, 0.15) is 5.60 Å². The number of benzene rings is 1. The number of fused-ring (bicyclic) bond motifs is 1. The molecule has 0 saturated carbocycles. The van der Waals surface area contributed by atoms with Crippen LogP contribution < -0.4 is 11.1 Å². The second-order valence-corrected chi connectivity index (χ2v) is 4.41. The van der Waals surface area contributed by atoms with Gasteiger partial charge in [-0.15, -0.1) is 0 Å². The number of nitrogens with zero attached hydrogens (tertiary/aromatic N) is 1. The minimum absolute atomic E-state index is 0.216. The van der Waals surface area contributed by atoms with E-state index in [1.54, 1.807) is 19.2 Å². The fourth-order valence-electron chi connectivity index (χ4n) is 1.50. The van der Waals surface area contributed by atoms with Gasteiger partial charge in [-0.05, 0) is 19.1 Å². The molecule has 17 heavy (non-hydrogen) atoms. The third-order valence-corrected chi connectivity index (χ3v) is 2.61. The summed E-state index contributed by atoms with van der Waals surface area (Å²) < 4.78 is 0. The Labute approximate surface area is 98.4 Å². The van der Waals surface area contributed by atoms with Crippen LogP contribution in [0.2, 0.25) is 0 Å². The summed E-state index contributed by atoms with van der Waals surface area (Å²) in [4.78, 5) is 0. The van der Waals surface area contributed by atoms with Gasteiger partial charge >= 0.3 is 0 Å². The fraction of sp³-hybridized carbons (Fsp3) is 0.364. The average molecular weight is 236 g/mol. The highest BCUT2D eigenvalue weighted by atomic mass is 16.3. The van der Waals surface area contributed by atoms with E-state index in [-0.39, 0.29) is 13.2 Å². The maximum atomic E-state index is 9.68. The van der Waals surface area contributed by atoms with Crippen molar-refractivity contribution in [3.63, 3.8) is 0 Å². The van der Waals surface area contributed by atoms with Crippen LogP contribution in [0.5, 0.6) is 0 Å². The minimum atomic E-state index is -1.17. The van der Waals surface area contributed by atoms with Crippen LogP contribution in [0.1, 0.15) is 6.92 Å². The highest BCUT2D eigenvalue weighted by Crippen LogP contribution is 2.24. The molecule has 1 aromatic heterocycles. The lowest BCUT2D eigenvalue weighted by atomic mass is 10.1. The molecule has 1 heterocycles. The number of aliphatic hydroxyl groups excluding tert-OH is 1. The fourth-order valence-corrected chi connectivity index (χ4v) is 1.50. The molecule has 1 atom stereocenters. The number of aliphatic hydroxyl groups is 2. The summed E-state index contributed by atoms with van der Waals surface area (Å²) >= 11 is 0. The smallest absolute Gasteiger partial charge is 0.102 e. The summed E-state index contributed by atoms with van der Waals surface area (Å²) in [6, 6.07) is 3.62. The second kappa shape index (κ2) is 4.23. The van der Waals surface area contributed by atoms with Gasteiger partial charge in [0.15, 0.2) is 0 Å². The van der Waals surface area contributed by atoms with Crippen LogP contribution in [-0.4, -0.2) is 39.2 Å². The van der Waals surface area contributed by atoms with Crippen molar-refractivity contribution in [3.05, 3.63) is 18.3 Å². The molecule has 6 heteroatoms. The SMILES string of the molecule is CC(O)(CO)CNc1cc2[nH]ncc2cc1N. The first-order chi connectivity index (χ1) is 8.02. The first kappa shape index (κ1) is 11.7. The van der Waals surface area contributed by atoms with E-state index in [1.807, 2.05) is 6.07 Å². The standard InChI is InChI=1S/C11H16N4O2/c1-11(17,6-16)5-13-10-3-9-7(2-8(10)12)4-14-15-9/h2-4,13,16-17H,5-6,12H2,1H3,(H,14,15). The molecule has 0 radical (unpaired) electrons. The van der Waals surface area contributed by atoms with Crippen LogP contribution in [-0.2, 0) is 0 Å². The number of rotatable bonds is 4. The molecular formula is C11H16N4O2. The minimum Gasteiger partial charge on any atom is -0.397 e. The lowest BCUT2D eigenvalue weighted by Crippen LogP contribution is -2.37. The molecule has 2 aromatic rings. The summed E-state index contributed by atoms with van der Waals surface area (Å²) in [7, 11) is 0. The van der Waals surface area contributed by atoms with Gasteiger partial charge < -0.3 is 21.3 Å². The second-order valence-electron chi connectivity index (χ2n) is 4.41. The van der Waals surface area contributed by atoms with Crippen molar-refractivity contribution in [3.8, 4) is 0 Å². The largest absolute Gasteiger partial charge is 0.397 e. The first-order valence-electron chi connectivity index (χ1n) is 5.31. The van der Waals surface area contributed by atoms with E-state index in [1.165, 1.54) is 0 Å². The third-order valence-electron chi connectivity index (χ3n) is 2.61. The van der Waals surface area contributed by atoms with Gasteiger partial charge in [0, 0.05) is 11.9 Å². The Morgan fingerprint density at radius 3 is 3.00 bits per heavy atom. The molecule has 0 amide bonds. The van der Waals surface area contributed by atoms with E-state index in [9.17, 15) is 5.11 Å². The monoisotopic (exact) mass is 236 g/mol. The Bertz CT molecular complexity index is 521. The molecule has 0 spiro atoms. The van der Waals surface area contributed by atoms with E-state index in [4.69, 9.17) is 10.8 Å². The number of hydrogen-bond donors (Lipinski definition) is 5. The molecule has 0 aliphatic rings. The van der Waals surface area contributed by atoms with Gasteiger partial charge in [-0.2, -0.15) is 5.10 Å². The van der Waals surface area contributed by atoms with Crippen LogP contribution in [0.3, 0.4) is 0 Å². The number of H-pyrrole nitrogens is 1. The Hall–Kier alpha value is -1.79. The van der Waals surface area contributed by atoms with Crippen molar-refractivity contribution >= 4 is 22.3 Å². The molecule has 1 aromatic carbocycles. The zero-order valence-corrected chi connectivity index (χ0v) is 9.57. The van der Waals surface area contributed by atoms with E-state index in [2.05, 4.69) is 15.5 Å². The lowest BCUT2D eigenvalue weighted by molar-refractivity contribution is 0.0132. The quantitative estimate of drug-likeness (QED) is 0.491. The Balaban J connectivity index is 2.20. The molecule has 0 aliphatic heterocycles.